The number of hydrogen-bond acceptors (Lipinski definition) is 9. The Morgan fingerprint density at radius 1 is 1.11 bits per heavy atom. The molecule has 0 atom stereocenters. The molecule has 1 aromatic carbocycles. The number of nitrogens with one attached hydrogen (secondary N) is 2. The number of anilines is 3. The molecule has 37 heavy (non-hydrogen) atoms. The zero-order chi connectivity index (χ0) is 26.4. The van der Waals surface area contributed by atoms with Crippen LogP contribution in [0.25, 0.3) is 10.8 Å². The summed E-state index contributed by atoms with van der Waals surface area (Å²) in [6.07, 6.45) is -0.404. The van der Waals surface area contributed by atoms with Crippen LogP contribution in [0, 0.1) is 0 Å². The first-order valence-corrected chi connectivity index (χ1v) is 11.2. The normalized spacial score (nSPS) is 14.4. The second kappa shape index (κ2) is 11.1. The number of halogens is 3. The van der Waals surface area contributed by atoms with Gasteiger partial charge in [-0.3, -0.25) is 10.3 Å². The Labute approximate surface area is 210 Å². The predicted molar refractivity (Wildman–Crippen MR) is 134 cm³/mol. The number of piperazine rings is 1. The summed E-state index contributed by atoms with van der Waals surface area (Å²) in [5.41, 5.74) is 1.48. The van der Waals surface area contributed by atoms with E-state index in [2.05, 4.69) is 47.2 Å². The summed E-state index contributed by atoms with van der Waals surface area (Å²) < 4.78 is 44.2. The maximum absolute atomic E-state index is 13.2. The number of carbonyl (C=O) groups is 1. The van der Waals surface area contributed by atoms with Crippen LogP contribution in [0.5, 0.6) is 0 Å². The molecule has 2 aromatic heterocycles. The van der Waals surface area contributed by atoms with Crippen LogP contribution in [0.1, 0.15) is 5.69 Å². The molecule has 1 fully saturated rings. The smallest absolute Gasteiger partial charge is 0.451 e. The molecule has 1 amide bonds. The van der Waals surface area contributed by atoms with Crippen LogP contribution in [-0.4, -0.2) is 78.0 Å². The van der Waals surface area contributed by atoms with Crippen LogP contribution in [0.15, 0.2) is 53.1 Å². The zero-order valence-electron chi connectivity index (χ0n) is 19.9. The Kier molecular flexibility index (Phi) is 7.65. The number of amides is 1. The lowest BCUT2D eigenvalue weighted by Crippen LogP contribution is -2.52. The Bertz CT molecular complexity index is 1290. The van der Waals surface area contributed by atoms with Gasteiger partial charge in [0.2, 0.25) is 5.84 Å². The number of rotatable bonds is 6. The van der Waals surface area contributed by atoms with Gasteiger partial charge in [0.15, 0.2) is 0 Å². The van der Waals surface area contributed by atoms with Crippen molar-refractivity contribution in [2.75, 3.05) is 48.8 Å². The standard InChI is InChI=1S/C23H24F3N9O2/c1-27-33-21(23(24,25)26)35-10-8-34(9-11-35)19-14-29-15(13-31-19)12-30-18-5-3-4-17-16(18)6-7-28-20(17)32-22(36)37-2/h3-7,13-14,30H,1,8-12H2,2H3,(H,28,32,36)/b33-21-. The lowest BCUT2D eigenvalue weighted by atomic mass is 10.1. The van der Waals surface area contributed by atoms with Gasteiger partial charge in [0.1, 0.15) is 11.6 Å². The molecule has 2 N–H and O–H groups in total. The molecule has 0 unspecified atom stereocenters. The van der Waals surface area contributed by atoms with Gasteiger partial charge < -0.3 is 19.9 Å². The van der Waals surface area contributed by atoms with Gasteiger partial charge in [-0.2, -0.15) is 18.3 Å². The predicted octanol–water partition coefficient (Wildman–Crippen LogP) is 3.51. The molecule has 0 bridgehead atoms. The molecule has 0 spiro atoms. The van der Waals surface area contributed by atoms with E-state index in [0.717, 1.165) is 21.4 Å². The minimum Gasteiger partial charge on any atom is -0.453 e. The highest BCUT2D eigenvalue weighted by Crippen LogP contribution is 2.28. The highest BCUT2D eigenvalue weighted by atomic mass is 19.4. The van der Waals surface area contributed by atoms with Crippen LogP contribution >= 0.6 is 0 Å². The topological polar surface area (TPSA) is 120 Å². The van der Waals surface area contributed by atoms with Crippen molar-refractivity contribution in [3.63, 3.8) is 0 Å². The third kappa shape index (κ3) is 6.02. The van der Waals surface area contributed by atoms with E-state index in [9.17, 15) is 18.0 Å². The largest absolute Gasteiger partial charge is 0.453 e. The second-order valence-electron chi connectivity index (χ2n) is 7.93. The number of methoxy groups -OCH3 is 1. The van der Waals surface area contributed by atoms with Crippen LogP contribution in [0.4, 0.5) is 35.3 Å². The van der Waals surface area contributed by atoms with Crippen LogP contribution in [0.2, 0.25) is 0 Å². The van der Waals surface area contributed by atoms with Gasteiger partial charge in [0, 0.05) is 55.6 Å². The molecular weight excluding hydrogens is 491 g/mol. The number of amidine groups is 1. The summed E-state index contributed by atoms with van der Waals surface area (Å²) in [5.74, 6) is -0.0933. The fourth-order valence-corrected chi connectivity index (χ4v) is 3.91. The van der Waals surface area contributed by atoms with Crippen molar-refractivity contribution < 1.29 is 22.7 Å². The lowest BCUT2D eigenvalue weighted by molar-refractivity contribution is -0.0693. The Morgan fingerprint density at radius 3 is 2.54 bits per heavy atom. The molecule has 4 rings (SSSR count). The fourth-order valence-electron chi connectivity index (χ4n) is 3.91. The molecular formula is C23H24F3N9O2. The average Bonchev–Trinajstić information content (AvgIpc) is 2.90. The molecule has 0 radical (unpaired) electrons. The van der Waals surface area contributed by atoms with Gasteiger partial charge in [-0.25, -0.2) is 14.8 Å². The number of fused-ring (bicyclic) bond motifs is 1. The first-order valence-electron chi connectivity index (χ1n) is 11.2. The number of aromatic nitrogens is 3. The van der Waals surface area contributed by atoms with Gasteiger partial charge >= 0.3 is 12.3 Å². The third-order valence-corrected chi connectivity index (χ3v) is 5.69. The average molecular weight is 516 g/mol. The van der Waals surface area contributed by atoms with E-state index in [1.54, 1.807) is 18.6 Å². The van der Waals surface area contributed by atoms with Crippen molar-refractivity contribution >= 4 is 46.7 Å². The molecule has 1 aliphatic heterocycles. The summed E-state index contributed by atoms with van der Waals surface area (Å²) in [7, 11) is 1.28. The van der Waals surface area contributed by atoms with E-state index in [1.165, 1.54) is 7.11 Å². The fraction of sp³-hybridized carbons (Fsp3) is 0.304. The van der Waals surface area contributed by atoms with Gasteiger partial charge in [0.25, 0.3) is 0 Å². The second-order valence-corrected chi connectivity index (χ2v) is 7.93. The first kappa shape index (κ1) is 25.6. The van der Waals surface area contributed by atoms with Crippen LogP contribution in [-0.2, 0) is 11.3 Å². The number of pyridine rings is 1. The van der Waals surface area contributed by atoms with E-state index < -0.39 is 18.1 Å². The van der Waals surface area contributed by atoms with Gasteiger partial charge in [-0.15, -0.1) is 5.10 Å². The minimum absolute atomic E-state index is 0.113. The number of alkyl halides is 3. The van der Waals surface area contributed by atoms with Crippen molar-refractivity contribution in [2.45, 2.75) is 12.7 Å². The van der Waals surface area contributed by atoms with Crippen molar-refractivity contribution in [2.24, 2.45) is 10.2 Å². The summed E-state index contributed by atoms with van der Waals surface area (Å²) in [5, 5.41) is 13.7. The zero-order valence-corrected chi connectivity index (χ0v) is 19.9. The number of benzene rings is 1. The number of carbonyl (C=O) groups excluding carboxylic acids is 1. The number of hydrogen-bond donors (Lipinski definition) is 2. The molecule has 194 valence electrons. The monoisotopic (exact) mass is 515 g/mol. The van der Waals surface area contributed by atoms with E-state index in [4.69, 9.17) is 0 Å². The molecule has 1 saturated heterocycles. The van der Waals surface area contributed by atoms with Gasteiger partial charge in [0.05, 0.1) is 31.7 Å². The first-order chi connectivity index (χ1) is 17.8. The molecule has 14 heteroatoms. The Hall–Kier alpha value is -4.49. The molecule has 3 heterocycles. The third-order valence-electron chi connectivity index (χ3n) is 5.69. The minimum atomic E-state index is -4.60. The van der Waals surface area contributed by atoms with Crippen LogP contribution < -0.4 is 15.5 Å². The summed E-state index contributed by atoms with van der Waals surface area (Å²) in [4.78, 5) is 27.7. The number of ether oxygens (including phenoxy) is 1. The highest BCUT2D eigenvalue weighted by Gasteiger charge is 2.41. The Morgan fingerprint density at radius 2 is 1.89 bits per heavy atom. The molecule has 3 aromatic rings. The Balaban J connectivity index is 1.39. The van der Waals surface area contributed by atoms with Gasteiger partial charge in [-0.05, 0) is 12.1 Å². The number of nitrogens with zero attached hydrogens (tertiary/aromatic N) is 7. The van der Waals surface area contributed by atoms with Crippen molar-refractivity contribution in [1.82, 2.24) is 19.9 Å². The quantitative estimate of drug-likeness (QED) is 0.291. The maximum atomic E-state index is 13.2. The highest BCUT2D eigenvalue weighted by molar-refractivity contribution is 6.03. The SMILES string of the molecule is C=N/N=C(\N1CCN(c2cnc(CNc3cccc4c(NC(=O)OC)nccc34)cn2)CC1)C(F)(F)F. The molecule has 0 aliphatic carbocycles. The van der Waals surface area contributed by atoms with Crippen LogP contribution in [0.3, 0.4) is 0 Å². The van der Waals surface area contributed by atoms with Gasteiger partial charge in [-0.1, -0.05) is 12.1 Å². The lowest BCUT2D eigenvalue weighted by Gasteiger charge is -2.36. The summed E-state index contributed by atoms with van der Waals surface area (Å²) in [6, 6.07) is 7.40. The van der Waals surface area contributed by atoms with E-state index >= 15 is 0 Å². The van der Waals surface area contributed by atoms with E-state index in [0.29, 0.717) is 37.0 Å². The molecule has 11 nitrogen and oxygen atoms in total. The molecule has 0 saturated carbocycles. The van der Waals surface area contributed by atoms with E-state index in [1.807, 2.05) is 29.2 Å². The molecule has 1 aliphatic rings. The van der Waals surface area contributed by atoms with E-state index in [-0.39, 0.29) is 13.1 Å². The van der Waals surface area contributed by atoms with Crippen molar-refractivity contribution in [1.29, 1.82) is 0 Å². The van der Waals surface area contributed by atoms with Crippen molar-refractivity contribution in [3.05, 3.63) is 48.5 Å². The maximum Gasteiger partial charge on any atom is 0.451 e. The van der Waals surface area contributed by atoms with Crippen molar-refractivity contribution in [3.8, 4) is 0 Å². The summed E-state index contributed by atoms with van der Waals surface area (Å²) >= 11 is 0. The summed E-state index contributed by atoms with van der Waals surface area (Å²) in [6.45, 7) is 4.28.